The van der Waals surface area contributed by atoms with E-state index >= 15 is 0 Å². The monoisotopic (exact) mass is 486 g/mol. The van der Waals surface area contributed by atoms with Crippen LogP contribution in [0.4, 0.5) is 11.6 Å². The molecule has 12 nitrogen and oxygen atoms in total. The van der Waals surface area contributed by atoms with Crippen LogP contribution in [-0.4, -0.2) is 88.5 Å². The molecule has 1 saturated heterocycles. The number of nitrogens with zero attached hydrogens (tertiary/aromatic N) is 4. The molecular weight excluding hydrogens is 452 g/mol. The third-order valence-electron chi connectivity index (χ3n) is 5.28. The molecule has 2 rings (SSSR count). The van der Waals surface area contributed by atoms with E-state index < -0.39 is 12.0 Å². The van der Waals surface area contributed by atoms with Gasteiger partial charge in [0.1, 0.15) is 0 Å². The van der Waals surface area contributed by atoms with Gasteiger partial charge in [-0.2, -0.15) is 0 Å². The summed E-state index contributed by atoms with van der Waals surface area (Å²) < 4.78 is 5.79. The van der Waals surface area contributed by atoms with Crippen LogP contribution < -0.4 is 22.5 Å². The summed E-state index contributed by atoms with van der Waals surface area (Å²) in [5.74, 6) is -0.895. The summed E-state index contributed by atoms with van der Waals surface area (Å²) >= 11 is 5.78. The standard InChI is InChI=1S/C20H35ClN8O4/c21-16-18(23)27-17(22)15(26-16)19(32)28-20(24)25-7-1-2-8-29-9-5-14(6-10-29)33-12-13(31)4-3-11-30/h13-14,30-31H,1-12H2,(H4,22,23,27)(H3,24,25,28,32). The Morgan fingerprint density at radius 3 is 2.67 bits per heavy atom. The van der Waals surface area contributed by atoms with Gasteiger partial charge in [-0.1, -0.05) is 11.6 Å². The molecule has 1 atom stereocenters. The van der Waals surface area contributed by atoms with Gasteiger partial charge in [-0.3, -0.25) is 15.1 Å². The number of aliphatic hydroxyl groups excluding tert-OH is 2. The molecular formula is C20H35ClN8O4. The van der Waals surface area contributed by atoms with Crippen molar-refractivity contribution < 1.29 is 19.7 Å². The fraction of sp³-hybridized carbons (Fsp3) is 0.700. The van der Waals surface area contributed by atoms with Gasteiger partial charge in [0.05, 0.1) is 18.8 Å². The number of carbonyl (C=O) groups is 1. The Morgan fingerprint density at radius 1 is 1.24 bits per heavy atom. The van der Waals surface area contributed by atoms with Crippen LogP contribution in [0, 0.1) is 0 Å². The highest BCUT2D eigenvalue weighted by Crippen LogP contribution is 2.17. The van der Waals surface area contributed by atoms with Crippen molar-refractivity contribution in [2.45, 2.75) is 50.7 Å². The number of carbonyl (C=O) groups excluding carboxylic acids is 1. The van der Waals surface area contributed by atoms with Crippen molar-refractivity contribution in [3.05, 3.63) is 10.8 Å². The Bertz CT molecular complexity index is 790. The molecule has 0 radical (unpaired) electrons. The molecule has 1 aliphatic heterocycles. The largest absolute Gasteiger partial charge is 0.396 e. The lowest BCUT2D eigenvalue weighted by atomic mass is 10.1. The number of likely N-dealkylation sites (tertiary alicyclic amines) is 1. The van der Waals surface area contributed by atoms with E-state index in [-0.39, 0.29) is 41.2 Å². The van der Waals surface area contributed by atoms with E-state index in [4.69, 9.17) is 38.6 Å². The number of amides is 1. The average molecular weight is 487 g/mol. The molecule has 0 saturated carbocycles. The summed E-state index contributed by atoms with van der Waals surface area (Å²) in [7, 11) is 0. The number of aliphatic hydroxyl groups is 2. The molecule has 1 aromatic heterocycles. The van der Waals surface area contributed by atoms with Crippen molar-refractivity contribution in [3.63, 3.8) is 0 Å². The Kier molecular flexibility index (Phi) is 11.5. The molecule has 0 bridgehead atoms. The van der Waals surface area contributed by atoms with Gasteiger partial charge in [-0.05, 0) is 45.1 Å². The minimum absolute atomic E-state index is 0.0340. The van der Waals surface area contributed by atoms with Crippen LogP contribution in [0.3, 0.4) is 0 Å². The number of hydrogen-bond donors (Lipinski definition) is 6. The number of hydrogen-bond acceptors (Lipinski definition) is 10. The summed E-state index contributed by atoms with van der Waals surface area (Å²) in [6, 6.07) is 0. The molecule has 13 heteroatoms. The van der Waals surface area contributed by atoms with E-state index in [2.05, 4.69) is 25.2 Å². The van der Waals surface area contributed by atoms with E-state index in [1.165, 1.54) is 0 Å². The van der Waals surface area contributed by atoms with Crippen LogP contribution in [0.15, 0.2) is 4.99 Å². The Morgan fingerprint density at radius 2 is 1.97 bits per heavy atom. The first-order valence-corrected chi connectivity index (χ1v) is 11.5. The number of piperidine rings is 1. The predicted octanol–water partition coefficient (Wildman–Crippen LogP) is -0.266. The second-order valence-electron chi connectivity index (χ2n) is 7.96. The van der Waals surface area contributed by atoms with Crippen molar-refractivity contribution >= 4 is 35.1 Å². The van der Waals surface area contributed by atoms with Crippen molar-refractivity contribution in [1.82, 2.24) is 20.2 Å². The third-order valence-corrected chi connectivity index (χ3v) is 5.56. The molecule has 2 heterocycles. The number of anilines is 2. The highest BCUT2D eigenvalue weighted by Gasteiger charge is 2.20. The normalized spacial score (nSPS) is 16.6. The zero-order valence-corrected chi connectivity index (χ0v) is 19.5. The number of halogens is 1. The molecule has 1 aliphatic rings. The van der Waals surface area contributed by atoms with E-state index in [9.17, 15) is 9.90 Å². The molecule has 0 spiro atoms. The lowest BCUT2D eigenvalue weighted by Gasteiger charge is -2.32. The summed E-state index contributed by atoms with van der Waals surface area (Å²) in [4.78, 5) is 26.3. The van der Waals surface area contributed by atoms with Crippen LogP contribution in [0.5, 0.6) is 0 Å². The van der Waals surface area contributed by atoms with Gasteiger partial charge >= 0.3 is 0 Å². The summed E-state index contributed by atoms with van der Waals surface area (Å²) in [6.45, 7) is 3.73. The van der Waals surface area contributed by atoms with Crippen LogP contribution in [0.2, 0.25) is 5.15 Å². The smallest absolute Gasteiger partial charge is 0.280 e. The van der Waals surface area contributed by atoms with Gasteiger partial charge < -0.3 is 37.1 Å². The fourth-order valence-corrected chi connectivity index (χ4v) is 3.55. The number of nitrogens with two attached hydrogens (primary N) is 3. The van der Waals surface area contributed by atoms with Crippen molar-refractivity contribution in [2.75, 3.05) is 50.9 Å². The number of rotatable bonds is 12. The summed E-state index contributed by atoms with van der Waals surface area (Å²) in [5.41, 5.74) is 16.7. The second kappa shape index (κ2) is 14.1. The lowest BCUT2D eigenvalue weighted by Crippen LogP contribution is -2.38. The van der Waals surface area contributed by atoms with Gasteiger partial charge in [-0.25, -0.2) is 9.97 Å². The number of nitrogen functional groups attached to an aromatic ring is 2. The van der Waals surface area contributed by atoms with Gasteiger partial charge in [0.2, 0.25) is 0 Å². The Labute approximate surface area is 198 Å². The van der Waals surface area contributed by atoms with E-state index in [1.54, 1.807) is 0 Å². The molecule has 0 aliphatic carbocycles. The second-order valence-corrected chi connectivity index (χ2v) is 8.31. The van der Waals surface area contributed by atoms with E-state index in [0.717, 1.165) is 45.3 Å². The molecule has 1 amide bonds. The number of guanidine groups is 1. The van der Waals surface area contributed by atoms with Crippen molar-refractivity contribution in [2.24, 2.45) is 10.7 Å². The number of nitrogens with one attached hydrogen (secondary N) is 1. The third kappa shape index (κ3) is 9.64. The molecule has 1 fully saturated rings. The molecule has 1 unspecified atom stereocenters. The molecule has 0 aromatic carbocycles. The SMILES string of the molecule is NC(=NCCCCN1CCC(OCC(O)CCCO)CC1)NC(=O)c1nc(Cl)c(N)nc1N. The minimum Gasteiger partial charge on any atom is -0.396 e. The lowest BCUT2D eigenvalue weighted by molar-refractivity contribution is -0.0378. The maximum Gasteiger partial charge on any atom is 0.280 e. The summed E-state index contributed by atoms with van der Waals surface area (Å²) in [5, 5.41) is 20.9. The Balaban J connectivity index is 1.60. The number of unbranched alkanes of at least 4 members (excludes halogenated alkanes) is 1. The van der Waals surface area contributed by atoms with Gasteiger partial charge in [0.15, 0.2) is 28.4 Å². The zero-order chi connectivity index (χ0) is 24.2. The first-order valence-electron chi connectivity index (χ1n) is 11.1. The van der Waals surface area contributed by atoms with Crippen LogP contribution in [-0.2, 0) is 4.74 Å². The maximum absolute atomic E-state index is 12.2. The van der Waals surface area contributed by atoms with Gasteiger partial charge in [0, 0.05) is 26.2 Å². The quantitative estimate of drug-likeness (QED) is 0.130. The first kappa shape index (κ1) is 27.0. The number of ether oxygens (including phenoxy) is 1. The molecule has 1 aromatic rings. The topological polar surface area (TPSA) is 198 Å². The highest BCUT2D eigenvalue weighted by atomic mass is 35.5. The summed E-state index contributed by atoms with van der Waals surface area (Å²) in [6.07, 6.45) is 4.45. The maximum atomic E-state index is 12.2. The van der Waals surface area contributed by atoms with Gasteiger partial charge in [-0.15, -0.1) is 0 Å². The Hall–Kier alpha value is -2.25. The number of aliphatic imine (C=N–C) groups is 1. The van der Waals surface area contributed by atoms with E-state index in [1.807, 2.05) is 0 Å². The minimum atomic E-state index is -0.658. The van der Waals surface area contributed by atoms with Gasteiger partial charge in [0.25, 0.3) is 5.91 Å². The zero-order valence-electron chi connectivity index (χ0n) is 18.7. The number of aromatic nitrogens is 2. The molecule has 33 heavy (non-hydrogen) atoms. The highest BCUT2D eigenvalue weighted by molar-refractivity contribution is 6.31. The molecule has 9 N–H and O–H groups in total. The van der Waals surface area contributed by atoms with Crippen molar-refractivity contribution in [3.8, 4) is 0 Å². The predicted molar refractivity (Wildman–Crippen MR) is 127 cm³/mol. The first-order chi connectivity index (χ1) is 15.8. The molecule has 186 valence electrons. The van der Waals surface area contributed by atoms with E-state index in [0.29, 0.717) is 26.0 Å². The van der Waals surface area contributed by atoms with Crippen molar-refractivity contribution in [1.29, 1.82) is 0 Å². The fourth-order valence-electron chi connectivity index (χ4n) is 3.43. The van der Waals surface area contributed by atoms with Crippen LogP contribution in [0.25, 0.3) is 0 Å². The van der Waals surface area contributed by atoms with Crippen LogP contribution >= 0.6 is 11.6 Å². The van der Waals surface area contributed by atoms with Crippen LogP contribution in [0.1, 0.15) is 49.0 Å². The average Bonchev–Trinajstić information content (AvgIpc) is 2.79.